The van der Waals surface area contributed by atoms with Crippen molar-refractivity contribution < 1.29 is 9.47 Å². The lowest BCUT2D eigenvalue weighted by molar-refractivity contribution is 0.174. The van der Waals surface area contributed by atoms with Crippen molar-refractivity contribution in [3.05, 3.63) is 64.2 Å². The first-order valence-electron chi connectivity index (χ1n) is 8.88. The first-order valence-corrected chi connectivity index (χ1v) is 8.88. The van der Waals surface area contributed by atoms with Crippen LogP contribution < -0.4 is 15.0 Å². The zero-order chi connectivity index (χ0) is 17.5. The summed E-state index contributed by atoms with van der Waals surface area (Å²) < 4.78 is 10.8. The van der Waals surface area contributed by atoms with Gasteiger partial charge < -0.3 is 14.5 Å². The van der Waals surface area contributed by atoms with Gasteiger partial charge in [-0.15, -0.1) is 0 Å². The van der Waals surface area contributed by atoms with E-state index in [1.165, 1.54) is 0 Å². The predicted octanol–water partition coefficient (Wildman–Crippen LogP) is 2.99. The van der Waals surface area contributed by atoms with Crippen molar-refractivity contribution in [2.24, 2.45) is 0 Å². The predicted molar refractivity (Wildman–Crippen MR) is 97.3 cm³/mol. The Kier molecular flexibility index (Phi) is 3.64. The number of hydrogen-bond acceptors (Lipinski definition) is 5. The second-order valence-electron chi connectivity index (χ2n) is 6.80. The Morgan fingerprint density at radius 2 is 2.08 bits per heavy atom. The van der Waals surface area contributed by atoms with Gasteiger partial charge in [0, 0.05) is 29.8 Å². The number of nitrogens with one attached hydrogen (secondary N) is 1. The average molecular weight is 349 g/mol. The number of benzene rings is 1. The van der Waals surface area contributed by atoms with Crippen molar-refractivity contribution in [2.75, 3.05) is 13.3 Å². The van der Waals surface area contributed by atoms with Crippen LogP contribution in [-0.4, -0.2) is 28.2 Å². The molecule has 2 aliphatic heterocycles. The summed E-state index contributed by atoms with van der Waals surface area (Å²) in [6, 6.07) is 12.0. The summed E-state index contributed by atoms with van der Waals surface area (Å²) in [6.45, 7) is 1.81. The molecule has 4 heterocycles. The number of aromatic nitrogens is 2. The van der Waals surface area contributed by atoms with Gasteiger partial charge >= 0.3 is 0 Å². The maximum atomic E-state index is 12.6. The highest BCUT2D eigenvalue weighted by molar-refractivity contribution is 5.83. The number of likely N-dealkylation sites (tertiary alicyclic amines) is 1. The molecule has 132 valence electrons. The smallest absolute Gasteiger partial charge is 0.252 e. The maximum Gasteiger partial charge on any atom is 0.252 e. The van der Waals surface area contributed by atoms with Gasteiger partial charge in [-0.1, -0.05) is 6.07 Å². The molecule has 0 unspecified atom stereocenters. The summed E-state index contributed by atoms with van der Waals surface area (Å²) in [5.41, 5.74) is 2.55. The van der Waals surface area contributed by atoms with Crippen molar-refractivity contribution in [3.63, 3.8) is 0 Å². The Balaban J connectivity index is 1.48. The molecule has 2 aliphatic rings. The maximum absolute atomic E-state index is 12.6. The molecular formula is C20H19N3O3. The van der Waals surface area contributed by atoms with Gasteiger partial charge in [0.1, 0.15) is 0 Å². The van der Waals surface area contributed by atoms with Crippen LogP contribution in [0.3, 0.4) is 0 Å². The zero-order valence-corrected chi connectivity index (χ0v) is 14.3. The number of rotatable bonds is 3. The minimum atomic E-state index is -0.0527. The summed E-state index contributed by atoms with van der Waals surface area (Å²) in [6.07, 6.45) is 4.02. The molecule has 1 atom stereocenters. The van der Waals surface area contributed by atoms with Gasteiger partial charge in [0.25, 0.3) is 5.56 Å². The van der Waals surface area contributed by atoms with Gasteiger partial charge in [0.05, 0.1) is 17.3 Å². The van der Waals surface area contributed by atoms with Gasteiger partial charge in [-0.3, -0.25) is 14.7 Å². The summed E-state index contributed by atoms with van der Waals surface area (Å²) in [5.74, 6) is 1.40. The second kappa shape index (κ2) is 6.14. The first kappa shape index (κ1) is 15.4. The third-order valence-electron chi connectivity index (χ3n) is 5.18. The van der Waals surface area contributed by atoms with Crippen molar-refractivity contribution in [3.8, 4) is 11.5 Å². The minimum absolute atomic E-state index is 0.0527. The number of nitrogens with zero attached hydrogens (tertiary/aromatic N) is 2. The average Bonchev–Trinajstić information content (AvgIpc) is 3.30. The van der Waals surface area contributed by atoms with Crippen LogP contribution in [0.25, 0.3) is 10.9 Å². The second-order valence-corrected chi connectivity index (χ2v) is 6.80. The topological polar surface area (TPSA) is 67.5 Å². The molecule has 1 N–H and O–H groups in total. The van der Waals surface area contributed by atoms with Crippen LogP contribution in [0.5, 0.6) is 11.5 Å². The summed E-state index contributed by atoms with van der Waals surface area (Å²) in [5, 5.41) is 0.956. The molecule has 1 saturated heterocycles. The van der Waals surface area contributed by atoms with Crippen LogP contribution in [0.4, 0.5) is 0 Å². The third kappa shape index (κ3) is 2.63. The van der Waals surface area contributed by atoms with Crippen LogP contribution in [-0.2, 0) is 6.54 Å². The van der Waals surface area contributed by atoms with E-state index in [1.54, 1.807) is 0 Å². The lowest BCUT2D eigenvalue weighted by atomic mass is 10.1. The van der Waals surface area contributed by atoms with E-state index in [0.717, 1.165) is 47.3 Å². The van der Waals surface area contributed by atoms with Crippen molar-refractivity contribution >= 4 is 10.9 Å². The highest BCUT2D eigenvalue weighted by Gasteiger charge is 2.27. The fourth-order valence-electron chi connectivity index (χ4n) is 3.90. The van der Waals surface area contributed by atoms with Gasteiger partial charge in [-0.2, -0.15) is 0 Å². The molecule has 0 bridgehead atoms. The van der Waals surface area contributed by atoms with Gasteiger partial charge in [-0.25, -0.2) is 0 Å². The highest BCUT2D eigenvalue weighted by Crippen LogP contribution is 2.36. The number of ether oxygens (including phenoxy) is 2. The van der Waals surface area contributed by atoms with Crippen LogP contribution >= 0.6 is 0 Å². The molecule has 0 spiro atoms. The van der Waals surface area contributed by atoms with Gasteiger partial charge in [-0.05, 0) is 43.7 Å². The van der Waals surface area contributed by atoms with Crippen LogP contribution in [0.15, 0.2) is 47.4 Å². The lowest BCUT2D eigenvalue weighted by Gasteiger charge is -2.23. The Morgan fingerprint density at radius 3 is 2.92 bits per heavy atom. The lowest BCUT2D eigenvalue weighted by Crippen LogP contribution is -2.27. The quantitative estimate of drug-likeness (QED) is 0.787. The van der Waals surface area contributed by atoms with E-state index in [2.05, 4.69) is 20.9 Å². The molecule has 1 fully saturated rings. The van der Waals surface area contributed by atoms with E-state index in [4.69, 9.17) is 9.47 Å². The molecule has 2 aromatic heterocycles. The number of fused-ring (bicyclic) bond motifs is 2. The molecule has 0 aliphatic carbocycles. The zero-order valence-electron chi connectivity index (χ0n) is 14.3. The van der Waals surface area contributed by atoms with Crippen LogP contribution in [0, 0.1) is 0 Å². The number of hydrogen-bond donors (Lipinski definition) is 1. The Morgan fingerprint density at radius 1 is 1.19 bits per heavy atom. The SMILES string of the molecule is O=c1[nH]c2cc3c(cc2cc1CN1CCC[C@@H]1c1ccccn1)OCO3. The molecule has 6 heteroatoms. The molecular weight excluding hydrogens is 330 g/mol. The normalized spacial score (nSPS) is 19.3. The highest BCUT2D eigenvalue weighted by atomic mass is 16.7. The molecule has 26 heavy (non-hydrogen) atoms. The summed E-state index contributed by atoms with van der Waals surface area (Å²) >= 11 is 0. The Hall–Kier alpha value is -2.86. The molecule has 0 amide bonds. The molecule has 3 aromatic rings. The molecule has 5 rings (SSSR count). The minimum Gasteiger partial charge on any atom is -0.454 e. The number of pyridine rings is 2. The van der Waals surface area contributed by atoms with Crippen LogP contribution in [0.1, 0.15) is 30.1 Å². The van der Waals surface area contributed by atoms with Crippen molar-refractivity contribution in [2.45, 2.75) is 25.4 Å². The Labute approximate surface area is 150 Å². The number of aromatic amines is 1. The van der Waals surface area contributed by atoms with E-state index < -0.39 is 0 Å². The standard InChI is InChI=1S/C20H19N3O3/c24-20-14(8-13-9-18-19(26-12-25-18)10-16(13)22-20)11-23-7-3-5-17(23)15-4-1-2-6-21-15/h1-2,4,6,8-10,17H,3,5,7,11-12H2,(H,22,24)/t17-/m1/s1. The van der Waals surface area contributed by atoms with E-state index in [9.17, 15) is 4.79 Å². The molecule has 0 saturated carbocycles. The molecule has 6 nitrogen and oxygen atoms in total. The first-order chi connectivity index (χ1) is 12.8. The van der Waals surface area contributed by atoms with Crippen LogP contribution in [0.2, 0.25) is 0 Å². The third-order valence-corrected chi connectivity index (χ3v) is 5.18. The Bertz CT molecular complexity index is 1020. The van der Waals surface area contributed by atoms with Gasteiger partial charge in [0.2, 0.25) is 6.79 Å². The van der Waals surface area contributed by atoms with Crippen molar-refractivity contribution in [1.29, 1.82) is 0 Å². The fraction of sp³-hybridized carbons (Fsp3) is 0.300. The van der Waals surface area contributed by atoms with E-state index in [-0.39, 0.29) is 18.4 Å². The van der Waals surface area contributed by atoms with Gasteiger partial charge in [0.15, 0.2) is 11.5 Å². The fourth-order valence-corrected chi connectivity index (χ4v) is 3.90. The largest absolute Gasteiger partial charge is 0.454 e. The number of H-pyrrole nitrogens is 1. The molecule has 1 aromatic carbocycles. The van der Waals surface area contributed by atoms with E-state index in [0.29, 0.717) is 12.3 Å². The summed E-state index contributed by atoms with van der Waals surface area (Å²) in [7, 11) is 0. The molecule has 0 radical (unpaired) electrons. The monoisotopic (exact) mass is 349 g/mol. The van der Waals surface area contributed by atoms with E-state index >= 15 is 0 Å². The van der Waals surface area contributed by atoms with E-state index in [1.807, 2.05) is 36.5 Å². The summed E-state index contributed by atoms with van der Waals surface area (Å²) in [4.78, 5) is 22.4. The van der Waals surface area contributed by atoms with Crippen molar-refractivity contribution in [1.82, 2.24) is 14.9 Å².